The molecule has 0 amide bonds. The zero-order chi connectivity index (χ0) is 15.1. The minimum atomic E-state index is 0.715. The molecule has 2 rings (SSSR count). The highest BCUT2D eigenvalue weighted by atomic mass is 15.2. The molecule has 1 unspecified atom stereocenters. The molecule has 4 nitrogen and oxygen atoms in total. The largest absolute Gasteiger partial charge is 0.313 e. The molecule has 4 heteroatoms. The molecular weight excluding hydrogens is 260 g/mol. The SMILES string of the molecule is CCCNCc1ccc(CN(C)CC2CCCN2C)nc1. The molecule has 1 atom stereocenters. The molecule has 1 saturated heterocycles. The van der Waals surface area contributed by atoms with Crippen molar-refractivity contribution >= 4 is 0 Å². The topological polar surface area (TPSA) is 31.4 Å². The lowest BCUT2D eigenvalue weighted by atomic mass is 10.2. The summed E-state index contributed by atoms with van der Waals surface area (Å²) in [6.07, 6.45) is 5.85. The van der Waals surface area contributed by atoms with Crippen molar-refractivity contribution in [3.63, 3.8) is 0 Å². The number of nitrogens with zero attached hydrogens (tertiary/aromatic N) is 3. The van der Waals surface area contributed by atoms with Crippen molar-refractivity contribution in [2.45, 2.75) is 45.3 Å². The molecule has 1 aliphatic heterocycles. The average Bonchev–Trinajstić information content (AvgIpc) is 2.86. The molecule has 1 fully saturated rings. The summed E-state index contributed by atoms with van der Waals surface area (Å²) in [5.74, 6) is 0. The van der Waals surface area contributed by atoms with Gasteiger partial charge in [0.05, 0.1) is 5.69 Å². The first-order valence-corrected chi connectivity index (χ1v) is 8.22. The molecule has 2 heterocycles. The van der Waals surface area contributed by atoms with Crippen LogP contribution < -0.4 is 5.32 Å². The molecule has 1 aliphatic rings. The Morgan fingerprint density at radius 3 is 2.90 bits per heavy atom. The molecular formula is C17H30N4. The monoisotopic (exact) mass is 290 g/mol. The summed E-state index contributed by atoms with van der Waals surface area (Å²) in [6.45, 7) is 7.50. The van der Waals surface area contributed by atoms with E-state index in [9.17, 15) is 0 Å². The summed E-state index contributed by atoms with van der Waals surface area (Å²) >= 11 is 0. The van der Waals surface area contributed by atoms with E-state index in [0.717, 1.165) is 31.9 Å². The van der Waals surface area contributed by atoms with Crippen molar-refractivity contribution in [1.29, 1.82) is 0 Å². The van der Waals surface area contributed by atoms with Gasteiger partial charge in [-0.05, 0) is 58.1 Å². The van der Waals surface area contributed by atoms with Gasteiger partial charge >= 0.3 is 0 Å². The Kier molecular flexibility index (Phi) is 6.61. The Morgan fingerprint density at radius 1 is 1.43 bits per heavy atom. The molecule has 0 aliphatic carbocycles. The number of nitrogens with one attached hydrogen (secondary N) is 1. The predicted octanol–water partition coefficient (Wildman–Crippen LogP) is 2.11. The van der Waals surface area contributed by atoms with Crippen LogP contribution in [-0.2, 0) is 13.1 Å². The first-order chi connectivity index (χ1) is 10.2. The van der Waals surface area contributed by atoms with Gasteiger partial charge in [-0.2, -0.15) is 0 Å². The molecule has 0 radical (unpaired) electrons. The van der Waals surface area contributed by atoms with E-state index < -0.39 is 0 Å². The summed E-state index contributed by atoms with van der Waals surface area (Å²) in [6, 6.07) is 5.07. The summed E-state index contributed by atoms with van der Waals surface area (Å²) < 4.78 is 0. The first kappa shape index (κ1) is 16.4. The summed E-state index contributed by atoms with van der Waals surface area (Å²) in [5, 5.41) is 3.41. The quantitative estimate of drug-likeness (QED) is 0.743. The summed E-state index contributed by atoms with van der Waals surface area (Å²) in [7, 11) is 4.44. The third-order valence-electron chi connectivity index (χ3n) is 4.27. The summed E-state index contributed by atoms with van der Waals surface area (Å²) in [4.78, 5) is 9.47. The van der Waals surface area contributed by atoms with Crippen molar-refractivity contribution in [3.8, 4) is 0 Å². The van der Waals surface area contributed by atoms with Gasteiger partial charge in [-0.15, -0.1) is 0 Å². The van der Waals surface area contributed by atoms with E-state index in [-0.39, 0.29) is 0 Å². The third kappa shape index (κ3) is 5.38. The van der Waals surface area contributed by atoms with Gasteiger partial charge in [0.1, 0.15) is 0 Å². The smallest absolute Gasteiger partial charge is 0.0544 e. The Balaban J connectivity index is 1.76. The molecule has 21 heavy (non-hydrogen) atoms. The maximum absolute atomic E-state index is 4.60. The Bertz CT molecular complexity index is 404. The van der Waals surface area contributed by atoms with Crippen molar-refractivity contribution in [2.75, 3.05) is 33.7 Å². The van der Waals surface area contributed by atoms with Crippen LogP contribution in [0.4, 0.5) is 0 Å². The highest BCUT2D eigenvalue weighted by molar-refractivity contribution is 5.14. The third-order valence-corrected chi connectivity index (χ3v) is 4.27. The minimum absolute atomic E-state index is 0.715. The second-order valence-corrected chi connectivity index (χ2v) is 6.31. The molecule has 1 N–H and O–H groups in total. The zero-order valence-electron chi connectivity index (χ0n) is 13.8. The molecule has 118 valence electrons. The first-order valence-electron chi connectivity index (χ1n) is 8.22. The lowest BCUT2D eigenvalue weighted by molar-refractivity contribution is 0.214. The van der Waals surface area contributed by atoms with E-state index in [1.807, 2.05) is 6.20 Å². The highest BCUT2D eigenvalue weighted by Gasteiger charge is 2.21. The van der Waals surface area contributed by atoms with Crippen LogP contribution >= 0.6 is 0 Å². The van der Waals surface area contributed by atoms with E-state index in [1.54, 1.807) is 0 Å². The van der Waals surface area contributed by atoms with Crippen LogP contribution in [0.15, 0.2) is 18.3 Å². The van der Waals surface area contributed by atoms with Gasteiger partial charge in [0.25, 0.3) is 0 Å². The zero-order valence-corrected chi connectivity index (χ0v) is 13.8. The maximum atomic E-state index is 4.60. The van der Waals surface area contributed by atoms with Gasteiger partial charge in [-0.3, -0.25) is 9.88 Å². The molecule has 0 bridgehead atoms. The predicted molar refractivity (Wildman–Crippen MR) is 88.2 cm³/mol. The van der Waals surface area contributed by atoms with Gasteiger partial charge in [-0.1, -0.05) is 13.0 Å². The van der Waals surface area contributed by atoms with Gasteiger partial charge in [-0.25, -0.2) is 0 Å². The van der Waals surface area contributed by atoms with Crippen LogP contribution in [0.2, 0.25) is 0 Å². The van der Waals surface area contributed by atoms with Crippen LogP contribution in [0.3, 0.4) is 0 Å². The van der Waals surface area contributed by atoms with Crippen LogP contribution in [0.5, 0.6) is 0 Å². The van der Waals surface area contributed by atoms with Crippen LogP contribution in [0.25, 0.3) is 0 Å². The van der Waals surface area contributed by atoms with E-state index in [1.165, 1.54) is 31.4 Å². The normalized spacial score (nSPS) is 19.5. The molecule has 1 aromatic heterocycles. The Labute approximate surface area is 129 Å². The van der Waals surface area contributed by atoms with E-state index >= 15 is 0 Å². The van der Waals surface area contributed by atoms with E-state index in [2.05, 4.69) is 53.3 Å². The van der Waals surface area contributed by atoms with Gasteiger partial charge in [0, 0.05) is 31.9 Å². The number of hydrogen-bond acceptors (Lipinski definition) is 4. The van der Waals surface area contributed by atoms with Crippen molar-refractivity contribution in [3.05, 3.63) is 29.6 Å². The lowest BCUT2D eigenvalue weighted by Gasteiger charge is -2.25. The van der Waals surface area contributed by atoms with E-state index in [0.29, 0.717) is 6.04 Å². The fraction of sp³-hybridized carbons (Fsp3) is 0.706. The number of aromatic nitrogens is 1. The maximum Gasteiger partial charge on any atom is 0.0544 e. The Morgan fingerprint density at radius 2 is 2.29 bits per heavy atom. The minimum Gasteiger partial charge on any atom is -0.313 e. The van der Waals surface area contributed by atoms with Gasteiger partial charge < -0.3 is 10.2 Å². The van der Waals surface area contributed by atoms with Gasteiger partial charge in [0.2, 0.25) is 0 Å². The average molecular weight is 290 g/mol. The molecule has 1 aromatic rings. The van der Waals surface area contributed by atoms with Crippen LogP contribution in [0, 0.1) is 0 Å². The molecule has 0 aromatic carbocycles. The van der Waals surface area contributed by atoms with Gasteiger partial charge in [0.15, 0.2) is 0 Å². The fourth-order valence-corrected chi connectivity index (χ4v) is 2.97. The number of rotatable bonds is 8. The number of likely N-dealkylation sites (N-methyl/N-ethyl adjacent to an activating group) is 2. The van der Waals surface area contributed by atoms with Crippen molar-refractivity contribution in [2.24, 2.45) is 0 Å². The number of hydrogen-bond donors (Lipinski definition) is 1. The van der Waals surface area contributed by atoms with E-state index in [4.69, 9.17) is 0 Å². The number of likely N-dealkylation sites (tertiary alicyclic amines) is 1. The molecule has 0 spiro atoms. The second kappa shape index (κ2) is 8.47. The second-order valence-electron chi connectivity index (χ2n) is 6.31. The highest BCUT2D eigenvalue weighted by Crippen LogP contribution is 2.16. The standard InChI is InChI=1S/C17H30N4/c1-4-9-18-11-15-7-8-16(19-12-15)13-20(2)14-17-6-5-10-21(17)3/h7-8,12,17-18H,4-6,9-11,13-14H2,1-3H3. The number of pyridine rings is 1. The van der Waals surface area contributed by atoms with Crippen molar-refractivity contribution in [1.82, 2.24) is 20.1 Å². The van der Waals surface area contributed by atoms with Crippen LogP contribution in [0.1, 0.15) is 37.4 Å². The van der Waals surface area contributed by atoms with Crippen LogP contribution in [-0.4, -0.2) is 54.6 Å². The lowest BCUT2D eigenvalue weighted by Crippen LogP contribution is -2.36. The Hall–Kier alpha value is -0.970. The molecule has 0 saturated carbocycles. The fourth-order valence-electron chi connectivity index (χ4n) is 2.97. The summed E-state index contributed by atoms with van der Waals surface area (Å²) in [5.41, 5.74) is 2.43. The van der Waals surface area contributed by atoms with Crippen molar-refractivity contribution < 1.29 is 0 Å².